The number of nitrogens with zero attached hydrogens (tertiary/aromatic N) is 1. The quantitative estimate of drug-likeness (QED) is 0.559. The molecule has 0 bridgehead atoms. The van der Waals surface area contributed by atoms with E-state index in [-0.39, 0.29) is 23.1 Å². The van der Waals surface area contributed by atoms with Gasteiger partial charge in [-0.3, -0.25) is 9.59 Å². The predicted molar refractivity (Wildman–Crippen MR) is 135 cm³/mol. The molecular formula is C28H39N3O2. The maximum atomic E-state index is 13.1. The fourth-order valence-corrected chi connectivity index (χ4v) is 4.40. The van der Waals surface area contributed by atoms with Crippen LogP contribution in [0.15, 0.2) is 48.5 Å². The largest absolute Gasteiger partial charge is 0.338 e. The van der Waals surface area contributed by atoms with Crippen molar-refractivity contribution in [1.82, 2.24) is 4.90 Å². The van der Waals surface area contributed by atoms with Gasteiger partial charge in [0.15, 0.2) is 0 Å². The molecular weight excluding hydrogens is 410 g/mol. The van der Waals surface area contributed by atoms with E-state index in [1.165, 1.54) is 12.0 Å². The van der Waals surface area contributed by atoms with Gasteiger partial charge in [-0.2, -0.15) is 0 Å². The average molecular weight is 450 g/mol. The number of nitrogens with one attached hydrogen (secondary N) is 1. The van der Waals surface area contributed by atoms with Crippen molar-refractivity contribution < 1.29 is 9.59 Å². The molecule has 178 valence electrons. The Morgan fingerprint density at radius 3 is 2.18 bits per heavy atom. The van der Waals surface area contributed by atoms with Crippen LogP contribution in [0.5, 0.6) is 0 Å². The lowest BCUT2D eigenvalue weighted by Crippen LogP contribution is -2.37. The highest BCUT2D eigenvalue weighted by molar-refractivity contribution is 6.04. The van der Waals surface area contributed by atoms with Crippen molar-refractivity contribution in [2.75, 3.05) is 18.4 Å². The van der Waals surface area contributed by atoms with Gasteiger partial charge in [0, 0.05) is 30.3 Å². The predicted octanol–water partition coefficient (Wildman–Crippen LogP) is 5.49. The van der Waals surface area contributed by atoms with Crippen molar-refractivity contribution >= 4 is 17.5 Å². The van der Waals surface area contributed by atoms with Crippen LogP contribution in [-0.2, 0) is 16.8 Å². The molecule has 2 aromatic rings. The third-order valence-electron chi connectivity index (χ3n) is 6.50. The van der Waals surface area contributed by atoms with Crippen molar-refractivity contribution in [3.8, 4) is 0 Å². The summed E-state index contributed by atoms with van der Waals surface area (Å²) in [5.41, 5.74) is 9.41. The number of carbonyl (C=O) groups excluding carboxylic acids is 2. The molecule has 0 radical (unpaired) electrons. The molecule has 2 aromatic carbocycles. The zero-order valence-electron chi connectivity index (χ0n) is 20.4. The lowest BCUT2D eigenvalue weighted by Gasteiger charge is -2.29. The lowest BCUT2D eigenvalue weighted by molar-refractivity contribution is -0.137. The summed E-state index contributed by atoms with van der Waals surface area (Å²) >= 11 is 0. The van der Waals surface area contributed by atoms with Crippen LogP contribution in [-0.4, -0.2) is 29.8 Å². The zero-order chi connectivity index (χ0) is 23.8. The van der Waals surface area contributed by atoms with Crippen LogP contribution >= 0.6 is 0 Å². The van der Waals surface area contributed by atoms with Gasteiger partial charge in [-0.1, -0.05) is 64.3 Å². The molecule has 1 saturated carbocycles. The number of hydrogen-bond acceptors (Lipinski definition) is 3. The second-order valence-corrected chi connectivity index (χ2v) is 10.2. The second-order valence-electron chi connectivity index (χ2n) is 10.2. The van der Waals surface area contributed by atoms with E-state index in [0.717, 1.165) is 43.4 Å². The topological polar surface area (TPSA) is 75.4 Å². The van der Waals surface area contributed by atoms with E-state index in [9.17, 15) is 9.59 Å². The van der Waals surface area contributed by atoms with Gasteiger partial charge in [0.2, 0.25) is 5.91 Å². The molecule has 0 aromatic heterocycles. The summed E-state index contributed by atoms with van der Waals surface area (Å²) in [5.74, 6) is 0.291. The summed E-state index contributed by atoms with van der Waals surface area (Å²) in [6.07, 6.45) is 6.34. The molecule has 33 heavy (non-hydrogen) atoms. The van der Waals surface area contributed by atoms with E-state index in [2.05, 4.69) is 26.1 Å². The minimum Gasteiger partial charge on any atom is -0.338 e. The molecule has 1 aliphatic carbocycles. The van der Waals surface area contributed by atoms with Crippen LogP contribution < -0.4 is 11.1 Å². The van der Waals surface area contributed by atoms with Crippen LogP contribution in [0.4, 0.5) is 5.69 Å². The second kappa shape index (κ2) is 11.5. The summed E-state index contributed by atoms with van der Waals surface area (Å²) in [4.78, 5) is 27.7. The summed E-state index contributed by atoms with van der Waals surface area (Å²) in [5, 5.41) is 2.97. The van der Waals surface area contributed by atoms with Crippen molar-refractivity contribution in [1.29, 1.82) is 0 Å². The summed E-state index contributed by atoms with van der Waals surface area (Å²) in [6, 6.07) is 15.6. The molecule has 5 nitrogen and oxygen atoms in total. The van der Waals surface area contributed by atoms with Crippen LogP contribution in [0.3, 0.4) is 0 Å². The smallest absolute Gasteiger partial charge is 0.255 e. The Labute approximate surface area is 198 Å². The van der Waals surface area contributed by atoms with Crippen LogP contribution in [0, 0.1) is 5.92 Å². The van der Waals surface area contributed by atoms with Crippen LogP contribution in [0.2, 0.25) is 0 Å². The first-order valence-corrected chi connectivity index (χ1v) is 12.3. The molecule has 0 spiro atoms. The monoisotopic (exact) mass is 449 g/mol. The first-order valence-electron chi connectivity index (χ1n) is 12.3. The van der Waals surface area contributed by atoms with Gasteiger partial charge >= 0.3 is 0 Å². The molecule has 0 heterocycles. The van der Waals surface area contributed by atoms with Crippen LogP contribution in [0.1, 0.15) is 80.8 Å². The first-order chi connectivity index (χ1) is 15.8. The number of amides is 2. The standard InChI is InChI=1S/C28H39N3O2/c1-28(2,3)24-14-12-22(13-15-24)26(32)30-25-16-10-21(11-17-25)20-31(19-7-18-29)27(33)23-8-5-4-6-9-23/h10-17,23H,4-9,18-20,29H2,1-3H3,(H,30,32). The van der Waals surface area contributed by atoms with Crippen molar-refractivity contribution in [3.05, 3.63) is 65.2 Å². The molecule has 1 fully saturated rings. The molecule has 3 rings (SSSR count). The Bertz CT molecular complexity index is 908. The fourth-order valence-electron chi connectivity index (χ4n) is 4.40. The van der Waals surface area contributed by atoms with Gasteiger partial charge in [-0.15, -0.1) is 0 Å². The number of nitrogens with two attached hydrogens (primary N) is 1. The van der Waals surface area contributed by atoms with E-state index >= 15 is 0 Å². The maximum absolute atomic E-state index is 13.1. The Hall–Kier alpha value is -2.66. The summed E-state index contributed by atoms with van der Waals surface area (Å²) in [7, 11) is 0. The molecule has 1 aliphatic rings. The summed E-state index contributed by atoms with van der Waals surface area (Å²) in [6.45, 7) is 8.32. The molecule has 0 saturated heterocycles. The number of rotatable bonds is 8. The number of benzene rings is 2. The number of hydrogen-bond donors (Lipinski definition) is 2. The van der Waals surface area contributed by atoms with Gasteiger partial charge in [0.05, 0.1) is 0 Å². The number of carbonyl (C=O) groups is 2. The molecule has 3 N–H and O–H groups in total. The molecule has 0 aliphatic heterocycles. The van der Waals surface area contributed by atoms with Crippen molar-refractivity contribution in [2.45, 2.75) is 71.3 Å². The normalized spacial score (nSPS) is 14.7. The van der Waals surface area contributed by atoms with E-state index < -0.39 is 0 Å². The number of anilines is 1. The van der Waals surface area contributed by atoms with Gasteiger partial charge in [-0.05, 0) is 66.6 Å². The molecule has 0 atom stereocenters. The molecule has 2 amide bonds. The lowest BCUT2D eigenvalue weighted by atomic mass is 9.87. The van der Waals surface area contributed by atoms with Gasteiger partial charge < -0.3 is 16.0 Å². The minimum absolute atomic E-state index is 0.0568. The highest BCUT2D eigenvalue weighted by atomic mass is 16.2. The van der Waals surface area contributed by atoms with E-state index in [1.54, 1.807) is 0 Å². The third-order valence-corrected chi connectivity index (χ3v) is 6.50. The Morgan fingerprint density at radius 2 is 1.61 bits per heavy atom. The van der Waals surface area contributed by atoms with E-state index in [4.69, 9.17) is 5.73 Å². The molecule has 5 heteroatoms. The summed E-state index contributed by atoms with van der Waals surface area (Å²) < 4.78 is 0. The first kappa shape index (κ1) is 25.0. The Kier molecular flexibility index (Phi) is 8.67. The minimum atomic E-state index is -0.125. The Balaban J connectivity index is 1.61. The SMILES string of the molecule is CC(C)(C)c1ccc(C(=O)Nc2ccc(CN(CCCN)C(=O)C3CCCCC3)cc2)cc1. The highest BCUT2D eigenvalue weighted by Crippen LogP contribution is 2.26. The van der Waals surface area contributed by atoms with Gasteiger partial charge in [0.1, 0.15) is 0 Å². The Morgan fingerprint density at radius 1 is 0.970 bits per heavy atom. The average Bonchev–Trinajstić information content (AvgIpc) is 2.82. The third kappa shape index (κ3) is 7.16. The zero-order valence-corrected chi connectivity index (χ0v) is 20.4. The fraction of sp³-hybridized carbons (Fsp3) is 0.500. The van der Waals surface area contributed by atoms with E-state index in [0.29, 0.717) is 25.2 Å². The van der Waals surface area contributed by atoms with Gasteiger partial charge in [0.25, 0.3) is 5.91 Å². The maximum Gasteiger partial charge on any atom is 0.255 e. The van der Waals surface area contributed by atoms with Crippen LogP contribution in [0.25, 0.3) is 0 Å². The van der Waals surface area contributed by atoms with Crippen molar-refractivity contribution in [3.63, 3.8) is 0 Å². The van der Waals surface area contributed by atoms with Gasteiger partial charge in [-0.25, -0.2) is 0 Å². The van der Waals surface area contributed by atoms with E-state index in [1.807, 2.05) is 53.4 Å². The van der Waals surface area contributed by atoms with Crippen molar-refractivity contribution in [2.24, 2.45) is 11.7 Å². The molecule has 0 unspecified atom stereocenters. The highest BCUT2D eigenvalue weighted by Gasteiger charge is 2.25.